The van der Waals surface area contributed by atoms with E-state index in [4.69, 9.17) is 5.73 Å². The van der Waals surface area contributed by atoms with Crippen LogP contribution >= 0.6 is 0 Å². The molecule has 1 saturated heterocycles. The van der Waals surface area contributed by atoms with E-state index in [0.717, 1.165) is 44.5 Å². The number of nitrogens with one attached hydrogen (secondary N) is 1. The summed E-state index contributed by atoms with van der Waals surface area (Å²) in [5.74, 6) is 1.07. The monoisotopic (exact) mass is 519 g/mol. The second-order valence-corrected chi connectivity index (χ2v) is 9.30. The number of rotatable bonds is 7. The highest BCUT2D eigenvalue weighted by molar-refractivity contribution is 5.81. The van der Waals surface area contributed by atoms with Crippen LogP contribution in [-0.2, 0) is 12.6 Å². The summed E-state index contributed by atoms with van der Waals surface area (Å²) < 4.78 is 40.4. The topological polar surface area (TPSA) is 92.8 Å². The van der Waals surface area contributed by atoms with E-state index in [2.05, 4.69) is 42.5 Å². The zero-order valence-electron chi connectivity index (χ0n) is 20.7. The first-order valence-corrected chi connectivity index (χ1v) is 12.5. The number of benzene rings is 2. The van der Waals surface area contributed by atoms with E-state index < -0.39 is 11.7 Å². The van der Waals surface area contributed by atoms with Crippen molar-refractivity contribution in [2.24, 2.45) is 5.73 Å². The lowest BCUT2D eigenvalue weighted by atomic mass is 10.0. The van der Waals surface area contributed by atoms with Crippen molar-refractivity contribution in [3.63, 3.8) is 0 Å². The molecule has 0 bridgehead atoms. The number of halogens is 3. The minimum Gasteiger partial charge on any atom is -0.355 e. The van der Waals surface area contributed by atoms with Gasteiger partial charge in [-0.05, 0) is 49.1 Å². The normalized spacial score (nSPS) is 14.5. The largest absolute Gasteiger partial charge is 0.416 e. The SMILES string of the molecule is NC1CCN(c2cc(-c3ccnc(NCCc4ccccc4)n3)c(-c3cccc(C(F)(F)F)c3)nn2)CC1. The van der Waals surface area contributed by atoms with Gasteiger partial charge in [-0.25, -0.2) is 9.97 Å². The Labute approximate surface area is 219 Å². The van der Waals surface area contributed by atoms with Gasteiger partial charge in [0.15, 0.2) is 5.82 Å². The van der Waals surface area contributed by atoms with Gasteiger partial charge in [-0.1, -0.05) is 42.5 Å². The number of aromatic nitrogens is 4. The molecule has 3 heterocycles. The molecule has 5 rings (SSSR count). The van der Waals surface area contributed by atoms with Crippen molar-refractivity contribution < 1.29 is 13.2 Å². The molecule has 196 valence electrons. The first-order valence-electron chi connectivity index (χ1n) is 12.5. The fraction of sp³-hybridized carbons (Fsp3) is 0.286. The highest BCUT2D eigenvalue weighted by atomic mass is 19.4. The number of piperidine rings is 1. The van der Waals surface area contributed by atoms with E-state index in [0.29, 0.717) is 40.8 Å². The zero-order chi connectivity index (χ0) is 26.5. The molecule has 7 nitrogen and oxygen atoms in total. The Morgan fingerprint density at radius 2 is 1.74 bits per heavy atom. The van der Waals surface area contributed by atoms with Crippen molar-refractivity contribution in [1.29, 1.82) is 0 Å². The first kappa shape index (κ1) is 25.6. The maximum Gasteiger partial charge on any atom is 0.416 e. The molecule has 0 saturated carbocycles. The van der Waals surface area contributed by atoms with Crippen molar-refractivity contribution in [3.05, 3.63) is 84.1 Å². The third kappa shape index (κ3) is 6.08. The molecule has 0 spiro atoms. The summed E-state index contributed by atoms with van der Waals surface area (Å²) in [5, 5.41) is 12.0. The fourth-order valence-electron chi connectivity index (χ4n) is 4.47. The standard InChI is InChI=1S/C28H28F3N7/c29-28(30,31)21-8-4-7-20(17-21)26-23(18-25(36-37-26)38-15-11-22(32)12-16-38)24-10-14-34-27(35-24)33-13-9-19-5-2-1-3-6-19/h1-8,10,14,17-18,22H,9,11-13,15-16,32H2,(H,33,34,35). The van der Waals surface area contributed by atoms with Crippen LogP contribution in [0.1, 0.15) is 24.0 Å². The van der Waals surface area contributed by atoms with Crippen molar-refractivity contribution in [3.8, 4) is 22.5 Å². The third-order valence-corrected chi connectivity index (χ3v) is 6.58. The number of alkyl halides is 3. The Morgan fingerprint density at radius 3 is 2.50 bits per heavy atom. The van der Waals surface area contributed by atoms with Crippen LogP contribution in [0.25, 0.3) is 22.5 Å². The van der Waals surface area contributed by atoms with Crippen LogP contribution in [0.4, 0.5) is 24.9 Å². The quantitative estimate of drug-likeness (QED) is 0.347. The van der Waals surface area contributed by atoms with E-state index >= 15 is 0 Å². The van der Waals surface area contributed by atoms with Crippen molar-refractivity contribution in [2.75, 3.05) is 29.9 Å². The molecule has 2 aromatic heterocycles. The Morgan fingerprint density at radius 1 is 0.947 bits per heavy atom. The number of hydrogen-bond acceptors (Lipinski definition) is 7. The molecule has 38 heavy (non-hydrogen) atoms. The van der Waals surface area contributed by atoms with Crippen LogP contribution < -0.4 is 16.0 Å². The van der Waals surface area contributed by atoms with Gasteiger partial charge in [0.05, 0.1) is 11.3 Å². The van der Waals surface area contributed by atoms with Gasteiger partial charge in [0.1, 0.15) is 5.69 Å². The minimum absolute atomic E-state index is 0.148. The highest BCUT2D eigenvalue weighted by Gasteiger charge is 2.31. The molecule has 10 heteroatoms. The minimum atomic E-state index is -4.47. The van der Waals surface area contributed by atoms with Crippen LogP contribution in [0.15, 0.2) is 72.9 Å². The molecule has 4 aromatic rings. The van der Waals surface area contributed by atoms with Gasteiger partial charge in [-0.2, -0.15) is 13.2 Å². The molecular formula is C28H28F3N7. The summed E-state index contributed by atoms with van der Waals surface area (Å²) in [6.45, 7) is 2.09. The van der Waals surface area contributed by atoms with Gasteiger partial charge in [0, 0.05) is 43.0 Å². The molecule has 1 aliphatic heterocycles. The maximum atomic E-state index is 13.5. The summed E-state index contributed by atoms with van der Waals surface area (Å²) in [4.78, 5) is 11.1. The van der Waals surface area contributed by atoms with E-state index in [1.165, 1.54) is 11.6 Å². The Kier molecular flexibility index (Phi) is 7.50. The van der Waals surface area contributed by atoms with Gasteiger partial charge in [-0.15, -0.1) is 10.2 Å². The zero-order valence-corrected chi connectivity index (χ0v) is 20.7. The molecule has 0 aliphatic carbocycles. The Bertz CT molecular complexity index is 1370. The summed E-state index contributed by atoms with van der Waals surface area (Å²) in [5.41, 5.74) is 8.26. The van der Waals surface area contributed by atoms with Gasteiger partial charge >= 0.3 is 6.18 Å². The molecule has 0 unspecified atom stereocenters. The number of nitrogens with zero attached hydrogens (tertiary/aromatic N) is 5. The van der Waals surface area contributed by atoms with Crippen LogP contribution in [0.3, 0.4) is 0 Å². The second-order valence-electron chi connectivity index (χ2n) is 9.30. The Balaban J connectivity index is 1.48. The van der Waals surface area contributed by atoms with E-state index in [1.807, 2.05) is 24.3 Å². The number of hydrogen-bond donors (Lipinski definition) is 2. The van der Waals surface area contributed by atoms with Gasteiger partial charge in [0.2, 0.25) is 5.95 Å². The fourth-order valence-corrected chi connectivity index (χ4v) is 4.47. The molecule has 3 N–H and O–H groups in total. The lowest BCUT2D eigenvalue weighted by Gasteiger charge is -2.31. The van der Waals surface area contributed by atoms with Gasteiger partial charge in [-0.3, -0.25) is 0 Å². The molecule has 2 aromatic carbocycles. The van der Waals surface area contributed by atoms with Crippen molar-refractivity contribution >= 4 is 11.8 Å². The summed E-state index contributed by atoms with van der Waals surface area (Å²) in [6.07, 6.45) is -0.392. The smallest absolute Gasteiger partial charge is 0.355 e. The van der Waals surface area contributed by atoms with Crippen LogP contribution in [-0.4, -0.2) is 45.8 Å². The van der Waals surface area contributed by atoms with Gasteiger partial charge in [0.25, 0.3) is 0 Å². The van der Waals surface area contributed by atoms with E-state index in [9.17, 15) is 13.2 Å². The number of nitrogens with two attached hydrogens (primary N) is 1. The molecule has 1 aliphatic rings. The average Bonchev–Trinajstić information content (AvgIpc) is 2.94. The summed E-state index contributed by atoms with van der Waals surface area (Å²) >= 11 is 0. The van der Waals surface area contributed by atoms with Crippen LogP contribution in [0.5, 0.6) is 0 Å². The van der Waals surface area contributed by atoms with Crippen molar-refractivity contribution in [1.82, 2.24) is 20.2 Å². The summed E-state index contributed by atoms with van der Waals surface area (Å²) in [7, 11) is 0. The third-order valence-electron chi connectivity index (χ3n) is 6.58. The molecular weight excluding hydrogens is 491 g/mol. The predicted molar refractivity (Wildman–Crippen MR) is 142 cm³/mol. The number of anilines is 2. The summed E-state index contributed by atoms with van der Waals surface area (Å²) in [6, 6.07) is 18.9. The predicted octanol–water partition coefficient (Wildman–Crippen LogP) is 5.20. The highest BCUT2D eigenvalue weighted by Crippen LogP contribution is 2.36. The van der Waals surface area contributed by atoms with Crippen LogP contribution in [0.2, 0.25) is 0 Å². The van der Waals surface area contributed by atoms with Crippen LogP contribution in [0, 0.1) is 0 Å². The van der Waals surface area contributed by atoms with E-state index in [-0.39, 0.29) is 6.04 Å². The first-order chi connectivity index (χ1) is 18.4. The maximum absolute atomic E-state index is 13.5. The molecule has 0 radical (unpaired) electrons. The lowest BCUT2D eigenvalue weighted by Crippen LogP contribution is -2.40. The average molecular weight is 520 g/mol. The molecule has 0 atom stereocenters. The van der Waals surface area contributed by atoms with Crippen molar-refractivity contribution in [2.45, 2.75) is 31.5 Å². The Hall–Kier alpha value is -4.05. The van der Waals surface area contributed by atoms with Gasteiger partial charge < -0.3 is 16.0 Å². The van der Waals surface area contributed by atoms with E-state index in [1.54, 1.807) is 18.3 Å². The lowest BCUT2D eigenvalue weighted by molar-refractivity contribution is -0.137. The second kappa shape index (κ2) is 11.1. The molecule has 0 amide bonds. The molecule has 1 fully saturated rings.